The van der Waals surface area contributed by atoms with Crippen LogP contribution in [0.2, 0.25) is 5.02 Å². The maximum atomic E-state index is 11.5. The molecule has 84 valence electrons. The van der Waals surface area contributed by atoms with Crippen LogP contribution >= 0.6 is 11.6 Å². The lowest BCUT2D eigenvalue weighted by atomic mass is 10.2. The summed E-state index contributed by atoms with van der Waals surface area (Å²) in [6.07, 6.45) is -1.59. The van der Waals surface area contributed by atoms with Crippen molar-refractivity contribution in [3.8, 4) is 0 Å². The molecule has 1 saturated heterocycles. The van der Waals surface area contributed by atoms with Gasteiger partial charge in [0.1, 0.15) is 0 Å². The number of epoxide rings is 1. The normalized spacial score (nSPS) is 22.6. The third-order valence-corrected chi connectivity index (χ3v) is 2.36. The number of benzene rings is 1. The number of hydrogen-bond donors (Lipinski definition) is 2. The molecule has 2 rings (SSSR count). The number of rotatable bonds is 3. The highest BCUT2D eigenvalue weighted by molar-refractivity contribution is 6.30. The van der Waals surface area contributed by atoms with Crippen LogP contribution in [0.1, 0.15) is 0 Å². The van der Waals surface area contributed by atoms with Gasteiger partial charge in [-0.05, 0) is 18.2 Å². The van der Waals surface area contributed by atoms with Crippen LogP contribution < -0.4 is 11.1 Å². The maximum Gasteiger partial charge on any atom is 0.256 e. The Labute approximate surface area is 96.5 Å². The molecular weight excluding hydrogens is 232 g/mol. The lowest BCUT2D eigenvalue weighted by Crippen LogP contribution is -2.26. The van der Waals surface area contributed by atoms with E-state index in [0.29, 0.717) is 10.7 Å². The standard InChI is InChI=1S/C10H9ClN2O3/c11-5-2-1-3-6(4-5)13-10(15)8-7(16-8)9(12)14/h1-4,7-8H,(H2,12,14)(H,13,15)/t7-,8+/m1/s1. The van der Waals surface area contributed by atoms with Crippen LogP contribution in [0.25, 0.3) is 0 Å². The Bertz CT molecular complexity index is 449. The number of amides is 2. The van der Waals surface area contributed by atoms with Gasteiger partial charge in [-0.25, -0.2) is 0 Å². The van der Waals surface area contributed by atoms with E-state index in [1.807, 2.05) is 0 Å². The second-order valence-corrected chi connectivity index (χ2v) is 3.82. The van der Waals surface area contributed by atoms with Gasteiger partial charge in [0.15, 0.2) is 12.2 Å². The summed E-state index contributed by atoms with van der Waals surface area (Å²) in [5.41, 5.74) is 5.53. The van der Waals surface area contributed by atoms with E-state index in [1.165, 1.54) is 0 Å². The molecule has 1 aromatic carbocycles. The Kier molecular flexibility index (Phi) is 2.80. The summed E-state index contributed by atoms with van der Waals surface area (Å²) < 4.78 is 4.82. The number of carbonyl (C=O) groups is 2. The second kappa shape index (κ2) is 4.11. The van der Waals surface area contributed by atoms with E-state index >= 15 is 0 Å². The van der Waals surface area contributed by atoms with Crippen LogP contribution in [0.15, 0.2) is 24.3 Å². The van der Waals surface area contributed by atoms with Crippen molar-refractivity contribution in [1.82, 2.24) is 0 Å². The molecule has 1 fully saturated rings. The quantitative estimate of drug-likeness (QED) is 0.756. The number of halogens is 1. The van der Waals surface area contributed by atoms with Gasteiger partial charge in [-0.3, -0.25) is 9.59 Å². The van der Waals surface area contributed by atoms with Crippen molar-refractivity contribution >= 4 is 29.1 Å². The number of ether oxygens (including phenoxy) is 1. The van der Waals surface area contributed by atoms with Crippen molar-refractivity contribution in [3.05, 3.63) is 29.3 Å². The van der Waals surface area contributed by atoms with Gasteiger partial charge in [0.05, 0.1) is 0 Å². The van der Waals surface area contributed by atoms with E-state index in [9.17, 15) is 9.59 Å². The predicted octanol–water partition coefficient (Wildman–Crippen LogP) is 0.531. The van der Waals surface area contributed by atoms with Crippen molar-refractivity contribution in [3.63, 3.8) is 0 Å². The molecule has 0 bridgehead atoms. The van der Waals surface area contributed by atoms with Crippen molar-refractivity contribution in [2.24, 2.45) is 5.73 Å². The first-order valence-corrected chi connectivity index (χ1v) is 4.97. The zero-order valence-electron chi connectivity index (χ0n) is 8.14. The molecule has 1 heterocycles. The fourth-order valence-electron chi connectivity index (χ4n) is 1.31. The van der Waals surface area contributed by atoms with E-state index in [2.05, 4.69) is 5.32 Å². The minimum Gasteiger partial charge on any atom is -0.367 e. The third kappa shape index (κ3) is 2.32. The number of hydrogen-bond acceptors (Lipinski definition) is 3. The molecule has 6 heteroatoms. The van der Waals surface area contributed by atoms with E-state index in [1.54, 1.807) is 24.3 Å². The van der Waals surface area contributed by atoms with Crippen molar-refractivity contribution in [2.45, 2.75) is 12.2 Å². The van der Waals surface area contributed by atoms with Gasteiger partial charge in [-0.15, -0.1) is 0 Å². The van der Waals surface area contributed by atoms with E-state index in [4.69, 9.17) is 22.1 Å². The molecule has 2 amide bonds. The zero-order chi connectivity index (χ0) is 11.7. The topological polar surface area (TPSA) is 84.7 Å². The van der Waals surface area contributed by atoms with Crippen molar-refractivity contribution in [1.29, 1.82) is 0 Å². The number of carbonyl (C=O) groups excluding carboxylic acids is 2. The highest BCUT2D eigenvalue weighted by Gasteiger charge is 2.49. The molecule has 3 N–H and O–H groups in total. The van der Waals surface area contributed by atoms with E-state index in [0.717, 1.165) is 0 Å². The van der Waals surface area contributed by atoms with Gasteiger partial charge in [0.25, 0.3) is 5.91 Å². The molecule has 0 saturated carbocycles. The zero-order valence-corrected chi connectivity index (χ0v) is 8.90. The fraction of sp³-hybridized carbons (Fsp3) is 0.200. The van der Waals surface area contributed by atoms with Crippen LogP contribution in [0.5, 0.6) is 0 Å². The molecule has 1 aromatic rings. The lowest BCUT2D eigenvalue weighted by molar-refractivity contribution is -0.120. The minimum atomic E-state index is -0.806. The van der Waals surface area contributed by atoms with Crippen molar-refractivity contribution < 1.29 is 14.3 Å². The molecule has 2 atom stereocenters. The van der Waals surface area contributed by atoms with Gasteiger partial charge in [-0.2, -0.15) is 0 Å². The van der Waals surface area contributed by atoms with Crippen LogP contribution in [0, 0.1) is 0 Å². The first-order valence-electron chi connectivity index (χ1n) is 4.59. The average Bonchev–Trinajstić information content (AvgIpc) is 2.96. The first-order chi connectivity index (χ1) is 7.58. The minimum absolute atomic E-state index is 0.397. The van der Waals surface area contributed by atoms with Gasteiger partial charge in [-0.1, -0.05) is 17.7 Å². The fourth-order valence-corrected chi connectivity index (χ4v) is 1.50. The van der Waals surface area contributed by atoms with Gasteiger partial charge in [0.2, 0.25) is 5.91 Å². The van der Waals surface area contributed by atoms with Gasteiger partial charge < -0.3 is 15.8 Å². The molecule has 0 aliphatic carbocycles. The summed E-state index contributed by atoms with van der Waals surface area (Å²) in [5, 5.41) is 3.09. The summed E-state index contributed by atoms with van der Waals surface area (Å²) in [6.45, 7) is 0. The molecule has 1 aliphatic heterocycles. The smallest absolute Gasteiger partial charge is 0.256 e. The Morgan fingerprint density at radius 3 is 2.69 bits per heavy atom. The number of nitrogens with one attached hydrogen (secondary N) is 1. The Balaban J connectivity index is 1.96. The molecule has 5 nitrogen and oxygen atoms in total. The summed E-state index contributed by atoms with van der Waals surface area (Å²) in [6, 6.07) is 6.68. The lowest BCUT2D eigenvalue weighted by Gasteiger charge is -2.02. The Morgan fingerprint density at radius 1 is 1.38 bits per heavy atom. The highest BCUT2D eigenvalue weighted by atomic mass is 35.5. The molecule has 0 unspecified atom stereocenters. The molecule has 0 radical (unpaired) electrons. The summed E-state index contributed by atoms with van der Waals surface area (Å²) in [5.74, 6) is -1.03. The molecule has 0 spiro atoms. The first kappa shape index (κ1) is 10.9. The Hall–Kier alpha value is -1.59. The Morgan fingerprint density at radius 2 is 2.12 bits per heavy atom. The molecule has 16 heavy (non-hydrogen) atoms. The van der Waals surface area contributed by atoms with Crippen LogP contribution in [-0.4, -0.2) is 24.0 Å². The second-order valence-electron chi connectivity index (χ2n) is 3.38. The summed E-state index contributed by atoms with van der Waals surface area (Å²) in [4.78, 5) is 22.2. The number of anilines is 1. The maximum absolute atomic E-state index is 11.5. The molecule has 0 aromatic heterocycles. The van der Waals surface area contributed by atoms with Crippen LogP contribution in [0.4, 0.5) is 5.69 Å². The SMILES string of the molecule is NC(=O)[C@@H]1O[C@@H]1C(=O)Nc1cccc(Cl)c1. The number of nitrogens with two attached hydrogens (primary N) is 1. The van der Waals surface area contributed by atoms with E-state index < -0.39 is 24.0 Å². The van der Waals surface area contributed by atoms with Crippen LogP contribution in [0.3, 0.4) is 0 Å². The summed E-state index contributed by atoms with van der Waals surface area (Å²) in [7, 11) is 0. The predicted molar refractivity (Wildman–Crippen MR) is 57.9 cm³/mol. The summed E-state index contributed by atoms with van der Waals surface area (Å²) >= 11 is 5.75. The monoisotopic (exact) mass is 240 g/mol. The van der Waals surface area contributed by atoms with Gasteiger partial charge in [0, 0.05) is 10.7 Å². The van der Waals surface area contributed by atoms with E-state index in [-0.39, 0.29) is 0 Å². The largest absolute Gasteiger partial charge is 0.367 e. The third-order valence-electron chi connectivity index (χ3n) is 2.12. The van der Waals surface area contributed by atoms with Gasteiger partial charge >= 0.3 is 0 Å². The molecule has 1 aliphatic rings. The highest BCUT2D eigenvalue weighted by Crippen LogP contribution is 2.24. The average molecular weight is 241 g/mol. The van der Waals surface area contributed by atoms with Crippen LogP contribution in [-0.2, 0) is 14.3 Å². The van der Waals surface area contributed by atoms with Crippen molar-refractivity contribution in [2.75, 3.05) is 5.32 Å². The number of primary amides is 1. The molecular formula is C10H9ClN2O3.